The summed E-state index contributed by atoms with van der Waals surface area (Å²) in [5.41, 5.74) is 0.557. The molecular weight excluding hydrogens is 364 g/mol. The molecule has 1 aliphatic heterocycles. The number of hydrogen-bond donors (Lipinski definition) is 1. The molecule has 1 saturated heterocycles. The number of carbonyl (C=O) groups excluding carboxylic acids is 2. The first-order valence-corrected chi connectivity index (χ1v) is 7.98. The summed E-state index contributed by atoms with van der Waals surface area (Å²) in [4.78, 5) is 45.3. The van der Waals surface area contributed by atoms with E-state index in [1.165, 1.54) is 30.3 Å². The number of nitro benzene ring substituents is 1. The minimum atomic E-state index is -1.29. The summed E-state index contributed by atoms with van der Waals surface area (Å²) >= 11 is 0.629. The summed E-state index contributed by atoms with van der Waals surface area (Å²) in [6.07, 6.45) is 1.35. The highest BCUT2D eigenvalue weighted by Crippen LogP contribution is 2.33. The minimum Gasteiger partial charge on any atom is -0.480 e. The van der Waals surface area contributed by atoms with Crippen molar-refractivity contribution in [2.75, 3.05) is 6.54 Å². The number of furan rings is 1. The quantitative estimate of drug-likeness (QED) is 0.480. The molecule has 2 amide bonds. The van der Waals surface area contributed by atoms with Gasteiger partial charge in [-0.2, -0.15) is 0 Å². The predicted octanol–water partition coefficient (Wildman–Crippen LogP) is 2.98. The number of nitrogens with zero attached hydrogens (tertiary/aromatic N) is 2. The van der Waals surface area contributed by atoms with Gasteiger partial charge in [0.15, 0.2) is 0 Å². The van der Waals surface area contributed by atoms with Gasteiger partial charge >= 0.3 is 5.97 Å². The van der Waals surface area contributed by atoms with Crippen LogP contribution in [-0.2, 0) is 9.59 Å². The van der Waals surface area contributed by atoms with Crippen molar-refractivity contribution >= 4 is 40.6 Å². The fraction of sp³-hybridized carbons (Fsp3) is 0.0625. The largest absolute Gasteiger partial charge is 0.480 e. The Bertz CT molecular complexity index is 946. The molecule has 9 nitrogen and oxygen atoms in total. The fourth-order valence-electron chi connectivity index (χ4n) is 2.23. The molecule has 0 aliphatic carbocycles. The van der Waals surface area contributed by atoms with Crippen LogP contribution >= 0.6 is 11.8 Å². The first-order valence-electron chi connectivity index (χ1n) is 7.17. The molecule has 26 heavy (non-hydrogen) atoms. The Morgan fingerprint density at radius 2 is 1.92 bits per heavy atom. The van der Waals surface area contributed by atoms with Crippen molar-refractivity contribution in [3.63, 3.8) is 0 Å². The van der Waals surface area contributed by atoms with Crippen molar-refractivity contribution in [1.82, 2.24) is 4.90 Å². The predicted molar refractivity (Wildman–Crippen MR) is 91.1 cm³/mol. The first-order chi connectivity index (χ1) is 12.3. The topological polar surface area (TPSA) is 131 Å². The van der Waals surface area contributed by atoms with Crippen molar-refractivity contribution in [1.29, 1.82) is 0 Å². The maximum absolute atomic E-state index is 12.1. The number of amides is 2. The molecular formula is C16H10N2O7S. The lowest BCUT2D eigenvalue weighted by Crippen LogP contribution is -2.33. The van der Waals surface area contributed by atoms with Crippen LogP contribution in [0.25, 0.3) is 17.4 Å². The summed E-state index contributed by atoms with van der Waals surface area (Å²) in [7, 11) is 0. The van der Waals surface area contributed by atoms with Crippen molar-refractivity contribution in [3.05, 3.63) is 57.2 Å². The Kier molecular flexibility index (Phi) is 4.59. The zero-order chi connectivity index (χ0) is 18.8. The number of imide groups is 1. The summed E-state index contributed by atoms with van der Waals surface area (Å²) in [6, 6.07) is 8.93. The van der Waals surface area contributed by atoms with Crippen LogP contribution in [0.3, 0.4) is 0 Å². The Hall–Kier alpha value is -3.40. The van der Waals surface area contributed by atoms with Crippen molar-refractivity contribution in [2.45, 2.75) is 0 Å². The zero-order valence-electron chi connectivity index (χ0n) is 12.9. The molecule has 0 radical (unpaired) electrons. The number of hydrogen-bond acceptors (Lipinski definition) is 7. The van der Waals surface area contributed by atoms with Gasteiger partial charge in [-0.05, 0) is 36.0 Å². The monoisotopic (exact) mass is 374 g/mol. The van der Waals surface area contributed by atoms with Gasteiger partial charge in [-0.1, -0.05) is 0 Å². The van der Waals surface area contributed by atoms with Crippen LogP contribution in [0.2, 0.25) is 0 Å². The van der Waals surface area contributed by atoms with E-state index in [1.54, 1.807) is 12.1 Å². The highest BCUT2D eigenvalue weighted by molar-refractivity contribution is 8.18. The molecule has 2 heterocycles. The number of non-ortho nitro benzene ring substituents is 1. The number of carboxylic acids is 1. The van der Waals surface area contributed by atoms with Gasteiger partial charge in [0, 0.05) is 23.8 Å². The van der Waals surface area contributed by atoms with Gasteiger partial charge in [-0.25, -0.2) is 0 Å². The standard InChI is InChI=1S/C16H10N2O7S/c19-14(20)8-17-15(21)13(26-16(17)22)7-11-5-6-12(25-11)9-1-3-10(4-2-9)18(23)24/h1-7H,8H2,(H,19,20)/b13-7-. The average Bonchev–Trinajstić information content (AvgIpc) is 3.15. The number of rotatable bonds is 5. The Labute approximate surface area is 150 Å². The molecule has 0 saturated carbocycles. The molecule has 2 aromatic rings. The van der Waals surface area contributed by atoms with Crippen LogP contribution in [0, 0.1) is 10.1 Å². The van der Waals surface area contributed by atoms with Gasteiger partial charge in [-0.15, -0.1) is 0 Å². The molecule has 1 fully saturated rings. The molecule has 1 aliphatic rings. The smallest absolute Gasteiger partial charge is 0.323 e. The number of carbonyl (C=O) groups is 3. The maximum Gasteiger partial charge on any atom is 0.323 e. The number of nitro groups is 1. The van der Waals surface area contributed by atoms with E-state index in [1.807, 2.05) is 0 Å². The van der Waals surface area contributed by atoms with Gasteiger partial charge in [-0.3, -0.25) is 29.4 Å². The Morgan fingerprint density at radius 3 is 2.54 bits per heavy atom. The van der Waals surface area contributed by atoms with Crippen molar-refractivity contribution in [3.8, 4) is 11.3 Å². The van der Waals surface area contributed by atoms with E-state index in [-0.39, 0.29) is 10.6 Å². The lowest BCUT2D eigenvalue weighted by Gasteiger charge is -2.07. The highest BCUT2D eigenvalue weighted by Gasteiger charge is 2.36. The van der Waals surface area contributed by atoms with E-state index < -0.39 is 28.6 Å². The molecule has 1 aromatic heterocycles. The van der Waals surface area contributed by atoms with Gasteiger partial charge < -0.3 is 9.52 Å². The van der Waals surface area contributed by atoms with Crippen LogP contribution in [0.15, 0.2) is 45.7 Å². The van der Waals surface area contributed by atoms with Crippen molar-refractivity contribution < 1.29 is 28.8 Å². The average molecular weight is 374 g/mol. The molecule has 3 rings (SSSR count). The third kappa shape index (κ3) is 3.49. The maximum atomic E-state index is 12.1. The summed E-state index contributed by atoms with van der Waals surface area (Å²) in [5.74, 6) is -1.27. The van der Waals surface area contributed by atoms with Crippen molar-refractivity contribution in [2.24, 2.45) is 0 Å². The SMILES string of the molecule is O=C(O)CN1C(=O)S/C(=C\c2ccc(-c3ccc([N+](=O)[O-])cc3)o2)C1=O. The van der Waals surface area contributed by atoms with E-state index >= 15 is 0 Å². The lowest BCUT2D eigenvalue weighted by atomic mass is 10.1. The van der Waals surface area contributed by atoms with E-state index in [4.69, 9.17) is 9.52 Å². The van der Waals surface area contributed by atoms with Gasteiger partial charge in [0.05, 0.1) is 9.83 Å². The summed E-state index contributed by atoms with van der Waals surface area (Å²) < 4.78 is 5.57. The molecule has 1 aromatic carbocycles. The second-order valence-corrected chi connectivity index (χ2v) is 6.16. The second kappa shape index (κ2) is 6.84. The van der Waals surface area contributed by atoms with Crippen LogP contribution in [-0.4, -0.2) is 38.6 Å². The van der Waals surface area contributed by atoms with Gasteiger partial charge in [0.2, 0.25) is 0 Å². The molecule has 0 unspecified atom stereocenters. The highest BCUT2D eigenvalue weighted by atomic mass is 32.2. The summed E-state index contributed by atoms with van der Waals surface area (Å²) in [5, 5.41) is 18.7. The molecule has 0 spiro atoms. The number of benzene rings is 1. The fourth-order valence-corrected chi connectivity index (χ4v) is 3.05. The lowest BCUT2D eigenvalue weighted by molar-refractivity contribution is -0.384. The minimum absolute atomic E-state index is 0.0485. The number of thioether (sulfide) groups is 1. The second-order valence-electron chi connectivity index (χ2n) is 5.17. The molecule has 132 valence electrons. The third-order valence-electron chi connectivity index (χ3n) is 3.43. The van der Waals surface area contributed by atoms with E-state index in [2.05, 4.69) is 0 Å². The normalized spacial score (nSPS) is 15.7. The van der Waals surface area contributed by atoms with E-state index in [0.29, 0.717) is 33.7 Å². The van der Waals surface area contributed by atoms with Crippen LogP contribution in [0.5, 0.6) is 0 Å². The van der Waals surface area contributed by atoms with Gasteiger partial charge in [0.25, 0.3) is 16.8 Å². The third-order valence-corrected chi connectivity index (χ3v) is 4.34. The number of carboxylic acid groups (broad SMARTS) is 1. The summed E-state index contributed by atoms with van der Waals surface area (Å²) in [6.45, 7) is -0.700. The molecule has 1 N–H and O–H groups in total. The van der Waals surface area contributed by atoms with Crippen LogP contribution in [0.1, 0.15) is 5.76 Å². The number of aliphatic carboxylic acids is 1. The zero-order valence-corrected chi connectivity index (χ0v) is 13.8. The van der Waals surface area contributed by atoms with Crippen LogP contribution < -0.4 is 0 Å². The Balaban J connectivity index is 1.81. The van der Waals surface area contributed by atoms with Crippen LogP contribution in [0.4, 0.5) is 10.5 Å². The van der Waals surface area contributed by atoms with E-state index in [9.17, 15) is 24.5 Å². The first kappa shape index (κ1) is 17.4. The molecule has 0 bridgehead atoms. The van der Waals surface area contributed by atoms with Gasteiger partial charge in [0.1, 0.15) is 18.1 Å². The molecule has 0 atom stereocenters. The Morgan fingerprint density at radius 1 is 1.23 bits per heavy atom. The van der Waals surface area contributed by atoms with E-state index in [0.717, 1.165) is 0 Å². The molecule has 10 heteroatoms.